The molecule has 2 heteroatoms. The maximum Gasteiger partial charge on any atom is 0.0540 e. The van der Waals surface area contributed by atoms with Crippen molar-refractivity contribution in [3.63, 3.8) is 0 Å². The molecular formula is C5H10LiO. The van der Waals surface area contributed by atoms with E-state index < -0.39 is 0 Å². The van der Waals surface area contributed by atoms with Gasteiger partial charge in [-0.15, -0.1) is 0 Å². The Kier molecular flexibility index (Phi) is 3.83. The average Bonchev–Trinajstić information content (AvgIpc) is 1.86. The van der Waals surface area contributed by atoms with Gasteiger partial charge in [0.1, 0.15) is 0 Å². The van der Waals surface area contributed by atoms with Gasteiger partial charge in [-0.05, 0) is 12.8 Å². The van der Waals surface area contributed by atoms with Gasteiger partial charge in [0.2, 0.25) is 0 Å². The van der Waals surface area contributed by atoms with Crippen molar-refractivity contribution in [2.24, 2.45) is 0 Å². The molecule has 1 aliphatic carbocycles. The summed E-state index contributed by atoms with van der Waals surface area (Å²) >= 11 is 0. The van der Waals surface area contributed by atoms with Crippen molar-refractivity contribution in [2.45, 2.75) is 31.8 Å². The molecule has 0 amide bonds. The van der Waals surface area contributed by atoms with Crippen LogP contribution in [0.1, 0.15) is 25.7 Å². The average molecular weight is 93.1 g/mol. The van der Waals surface area contributed by atoms with Gasteiger partial charge in [-0.1, -0.05) is 12.8 Å². The largest absolute Gasteiger partial charge is 0.393 e. The number of aliphatic hydroxyl groups is 1. The molecule has 0 aromatic rings. The first-order chi connectivity index (χ1) is 2.89. The smallest absolute Gasteiger partial charge is 0.0540 e. The Morgan fingerprint density at radius 3 is 1.71 bits per heavy atom. The van der Waals surface area contributed by atoms with E-state index in [0.717, 1.165) is 12.8 Å². The first kappa shape index (κ1) is 7.56. The summed E-state index contributed by atoms with van der Waals surface area (Å²) in [4.78, 5) is 0. The first-order valence-corrected chi connectivity index (χ1v) is 2.57. The van der Waals surface area contributed by atoms with E-state index in [1.807, 2.05) is 0 Å². The van der Waals surface area contributed by atoms with Crippen LogP contribution in [0.5, 0.6) is 0 Å². The standard InChI is InChI=1S/C5H10O.Li/c6-5-3-1-2-4-5;/h5-6H,1-4H2;. The van der Waals surface area contributed by atoms with Gasteiger partial charge in [-0.3, -0.25) is 0 Å². The van der Waals surface area contributed by atoms with Crippen LogP contribution >= 0.6 is 0 Å². The monoisotopic (exact) mass is 93.1 g/mol. The second-order valence-corrected chi connectivity index (χ2v) is 1.94. The van der Waals surface area contributed by atoms with Gasteiger partial charge in [0.05, 0.1) is 6.10 Å². The third-order valence-electron chi connectivity index (χ3n) is 1.32. The van der Waals surface area contributed by atoms with Gasteiger partial charge in [0.15, 0.2) is 0 Å². The van der Waals surface area contributed by atoms with Crippen LogP contribution in [0, 0.1) is 0 Å². The molecule has 1 nitrogen and oxygen atoms in total. The second kappa shape index (κ2) is 3.55. The van der Waals surface area contributed by atoms with Gasteiger partial charge in [0.25, 0.3) is 0 Å². The van der Waals surface area contributed by atoms with E-state index in [0.29, 0.717) is 0 Å². The molecule has 0 aromatic heterocycles. The Bertz CT molecular complexity index is 41.3. The van der Waals surface area contributed by atoms with E-state index >= 15 is 0 Å². The van der Waals surface area contributed by atoms with E-state index in [4.69, 9.17) is 5.11 Å². The van der Waals surface area contributed by atoms with Crippen LogP contribution in [0.25, 0.3) is 0 Å². The predicted octanol–water partition coefficient (Wildman–Crippen LogP) is 0.540. The Hall–Kier alpha value is 0.557. The molecule has 0 atom stereocenters. The van der Waals surface area contributed by atoms with Gasteiger partial charge < -0.3 is 5.11 Å². The molecule has 1 rings (SSSR count). The second-order valence-electron chi connectivity index (χ2n) is 1.94. The molecule has 1 radical (unpaired) electrons. The molecule has 1 N–H and O–H groups in total. The fraction of sp³-hybridized carbons (Fsp3) is 1.00. The molecule has 0 aliphatic heterocycles. The molecular weight excluding hydrogens is 83.0 g/mol. The van der Waals surface area contributed by atoms with Crippen LogP contribution in [0.4, 0.5) is 0 Å². The minimum absolute atomic E-state index is 0. The van der Waals surface area contributed by atoms with Crippen molar-refractivity contribution < 1.29 is 5.11 Å². The van der Waals surface area contributed by atoms with Crippen molar-refractivity contribution in [1.29, 1.82) is 0 Å². The van der Waals surface area contributed by atoms with E-state index in [9.17, 15) is 0 Å². The summed E-state index contributed by atoms with van der Waals surface area (Å²) in [6, 6.07) is 0. The fourth-order valence-corrected chi connectivity index (χ4v) is 0.904. The van der Waals surface area contributed by atoms with Crippen LogP contribution in [0.3, 0.4) is 0 Å². The number of hydrogen-bond donors (Lipinski definition) is 1. The fourth-order valence-electron chi connectivity index (χ4n) is 0.904. The Morgan fingerprint density at radius 1 is 1.14 bits per heavy atom. The molecule has 0 heterocycles. The van der Waals surface area contributed by atoms with Crippen molar-refractivity contribution >= 4 is 18.9 Å². The summed E-state index contributed by atoms with van der Waals surface area (Å²) in [6.45, 7) is 0. The minimum Gasteiger partial charge on any atom is -0.393 e. The zero-order valence-electron chi connectivity index (χ0n) is 4.85. The molecule has 0 bridgehead atoms. The number of hydrogen-bond acceptors (Lipinski definition) is 1. The van der Waals surface area contributed by atoms with Gasteiger partial charge in [-0.25, -0.2) is 0 Å². The van der Waals surface area contributed by atoms with E-state index in [-0.39, 0.29) is 25.0 Å². The van der Waals surface area contributed by atoms with Crippen molar-refractivity contribution in [3.05, 3.63) is 0 Å². The van der Waals surface area contributed by atoms with Crippen LogP contribution in [-0.2, 0) is 0 Å². The van der Waals surface area contributed by atoms with E-state index in [1.165, 1.54) is 12.8 Å². The maximum absolute atomic E-state index is 8.73. The third-order valence-corrected chi connectivity index (χ3v) is 1.32. The minimum atomic E-state index is 0. The quantitative estimate of drug-likeness (QED) is 0.433. The van der Waals surface area contributed by atoms with E-state index in [2.05, 4.69) is 0 Å². The van der Waals surface area contributed by atoms with Crippen LogP contribution < -0.4 is 0 Å². The summed E-state index contributed by atoms with van der Waals surface area (Å²) in [7, 11) is 0. The van der Waals surface area contributed by atoms with Crippen molar-refractivity contribution in [2.75, 3.05) is 0 Å². The third kappa shape index (κ3) is 2.38. The van der Waals surface area contributed by atoms with Gasteiger partial charge >= 0.3 is 0 Å². The van der Waals surface area contributed by atoms with E-state index in [1.54, 1.807) is 0 Å². The van der Waals surface area contributed by atoms with Crippen LogP contribution in [0.15, 0.2) is 0 Å². The number of aliphatic hydroxyl groups excluding tert-OH is 1. The molecule has 7 heavy (non-hydrogen) atoms. The summed E-state index contributed by atoms with van der Waals surface area (Å²) in [6.07, 6.45) is 4.60. The summed E-state index contributed by atoms with van der Waals surface area (Å²) in [5.41, 5.74) is 0. The zero-order chi connectivity index (χ0) is 4.41. The molecule has 1 saturated carbocycles. The number of rotatable bonds is 0. The molecule has 1 fully saturated rings. The normalized spacial score (nSPS) is 21.9. The Labute approximate surface area is 56.3 Å². The van der Waals surface area contributed by atoms with Crippen LogP contribution in [-0.4, -0.2) is 30.1 Å². The summed E-state index contributed by atoms with van der Waals surface area (Å²) < 4.78 is 0. The molecule has 0 unspecified atom stereocenters. The maximum atomic E-state index is 8.73. The molecule has 0 spiro atoms. The molecule has 37 valence electrons. The SMILES string of the molecule is OC1CCCC1.[Li]. The topological polar surface area (TPSA) is 20.2 Å². The van der Waals surface area contributed by atoms with Crippen LogP contribution in [0.2, 0.25) is 0 Å². The summed E-state index contributed by atoms with van der Waals surface area (Å²) in [5, 5.41) is 8.73. The molecule has 1 aliphatic rings. The van der Waals surface area contributed by atoms with Gasteiger partial charge in [0, 0.05) is 18.9 Å². The van der Waals surface area contributed by atoms with Gasteiger partial charge in [-0.2, -0.15) is 0 Å². The van der Waals surface area contributed by atoms with Crippen molar-refractivity contribution in [3.8, 4) is 0 Å². The molecule has 0 saturated heterocycles. The predicted molar refractivity (Wildman–Crippen MR) is 30.2 cm³/mol. The Morgan fingerprint density at radius 2 is 1.57 bits per heavy atom. The molecule has 0 aromatic carbocycles. The summed E-state index contributed by atoms with van der Waals surface area (Å²) in [5.74, 6) is 0. The first-order valence-electron chi connectivity index (χ1n) is 2.57. The zero-order valence-corrected chi connectivity index (χ0v) is 4.85. The Balaban J connectivity index is 0.000000360. The van der Waals surface area contributed by atoms with Crippen molar-refractivity contribution in [1.82, 2.24) is 0 Å².